The summed E-state index contributed by atoms with van der Waals surface area (Å²) in [6, 6.07) is 6.17. The number of fused-ring (bicyclic) bond motifs is 1. The van der Waals surface area contributed by atoms with E-state index >= 15 is 0 Å². The van der Waals surface area contributed by atoms with Gasteiger partial charge in [-0.2, -0.15) is 0 Å². The average Bonchev–Trinajstić information content (AvgIpc) is 2.74. The fourth-order valence-corrected chi connectivity index (χ4v) is 3.14. The van der Waals surface area contributed by atoms with Gasteiger partial charge in [0.25, 0.3) is 0 Å². The molecule has 0 saturated carbocycles. The quantitative estimate of drug-likeness (QED) is 0.859. The Kier molecular flexibility index (Phi) is 3.27. The van der Waals surface area contributed by atoms with Crippen LogP contribution in [0.4, 0.5) is 0 Å². The van der Waals surface area contributed by atoms with Crippen molar-refractivity contribution in [3.8, 4) is 5.75 Å². The summed E-state index contributed by atoms with van der Waals surface area (Å²) in [4.78, 5) is 0. The molecule has 2 atom stereocenters. The van der Waals surface area contributed by atoms with E-state index in [0.29, 0.717) is 5.92 Å². The second kappa shape index (κ2) is 4.80. The van der Waals surface area contributed by atoms with Crippen molar-refractivity contribution in [3.63, 3.8) is 0 Å². The molecular weight excluding hydrogens is 238 g/mol. The lowest BCUT2D eigenvalue weighted by Crippen LogP contribution is -2.33. The minimum absolute atomic E-state index is 0.0515. The monoisotopic (exact) mass is 261 g/mol. The molecule has 2 aliphatic rings. The first-order chi connectivity index (χ1) is 9.08. The minimum atomic E-state index is -0.366. The zero-order valence-electron chi connectivity index (χ0n) is 11.8. The summed E-state index contributed by atoms with van der Waals surface area (Å²) in [5, 5.41) is 13.9. The Morgan fingerprint density at radius 1 is 1.42 bits per heavy atom. The highest BCUT2D eigenvalue weighted by atomic mass is 16.5. The Hall–Kier alpha value is -1.06. The molecule has 1 saturated heterocycles. The fourth-order valence-electron chi connectivity index (χ4n) is 3.14. The number of hydrogen-bond donors (Lipinski definition) is 2. The van der Waals surface area contributed by atoms with E-state index in [0.717, 1.165) is 43.9 Å². The van der Waals surface area contributed by atoms with Gasteiger partial charge in [-0.25, -0.2) is 0 Å². The Labute approximate surface area is 115 Å². The van der Waals surface area contributed by atoms with Crippen molar-refractivity contribution in [2.75, 3.05) is 19.7 Å². The highest BCUT2D eigenvalue weighted by Gasteiger charge is 2.33. The second-order valence-corrected chi connectivity index (χ2v) is 6.48. The predicted molar refractivity (Wildman–Crippen MR) is 75.5 cm³/mol. The zero-order valence-corrected chi connectivity index (χ0v) is 11.8. The van der Waals surface area contributed by atoms with Gasteiger partial charge in [0.05, 0.1) is 12.7 Å². The zero-order chi connectivity index (χ0) is 13.5. The van der Waals surface area contributed by atoms with Gasteiger partial charge in [0.15, 0.2) is 0 Å². The van der Waals surface area contributed by atoms with Gasteiger partial charge in [-0.1, -0.05) is 19.9 Å². The topological polar surface area (TPSA) is 41.5 Å². The number of hydrogen-bond acceptors (Lipinski definition) is 3. The van der Waals surface area contributed by atoms with Gasteiger partial charge >= 0.3 is 0 Å². The van der Waals surface area contributed by atoms with Crippen molar-refractivity contribution >= 4 is 0 Å². The van der Waals surface area contributed by atoms with E-state index in [1.807, 2.05) is 12.1 Å². The molecule has 0 radical (unpaired) electrons. The van der Waals surface area contributed by atoms with Crippen molar-refractivity contribution < 1.29 is 9.84 Å². The van der Waals surface area contributed by atoms with Crippen molar-refractivity contribution in [2.45, 2.75) is 38.2 Å². The molecule has 0 bridgehead atoms. The van der Waals surface area contributed by atoms with Crippen LogP contribution < -0.4 is 10.1 Å². The van der Waals surface area contributed by atoms with E-state index in [9.17, 15) is 5.11 Å². The third-order valence-corrected chi connectivity index (χ3v) is 4.44. The molecule has 19 heavy (non-hydrogen) atoms. The molecule has 2 unspecified atom stereocenters. The molecule has 1 aromatic rings. The highest BCUT2D eigenvalue weighted by Crippen LogP contribution is 2.40. The third kappa shape index (κ3) is 2.37. The number of nitrogens with one attached hydrogen (secondary N) is 1. The van der Waals surface area contributed by atoms with E-state index in [1.165, 1.54) is 5.56 Å². The molecule has 2 aliphatic heterocycles. The first-order valence-electron chi connectivity index (χ1n) is 7.24. The maximum absolute atomic E-state index is 10.6. The first kappa shape index (κ1) is 12.9. The SMILES string of the molecule is CC1(C)COc2ccc(C(O)C3CCCNC3)cc21. The normalized spacial score (nSPS) is 26.6. The average molecular weight is 261 g/mol. The standard InChI is InChI=1S/C16H23NO2/c1-16(2)10-19-14-6-5-11(8-13(14)16)15(18)12-4-3-7-17-9-12/h5-6,8,12,15,17-18H,3-4,7,9-10H2,1-2H3. The summed E-state index contributed by atoms with van der Waals surface area (Å²) >= 11 is 0. The molecule has 3 nitrogen and oxygen atoms in total. The molecule has 0 aliphatic carbocycles. The van der Waals surface area contributed by atoms with Crippen LogP contribution in [0.5, 0.6) is 5.75 Å². The summed E-state index contributed by atoms with van der Waals surface area (Å²) in [5.74, 6) is 1.31. The Morgan fingerprint density at radius 3 is 3.00 bits per heavy atom. The molecule has 3 heteroatoms. The molecule has 0 spiro atoms. The lowest BCUT2D eigenvalue weighted by molar-refractivity contribution is 0.0921. The lowest BCUT2D eigenvalue weighted by atomic mass is 9.83. The molecule has 0 aromatic heterocycles. The van der Waals surface area contributed by atoms with Crippen LogP contribution in [-0.2, 0) is 5.41 Å². The Bertz CT molecular complexity index is 464. The van der Waals surface area contributed by atoms with Crippen molar-refractivity contribution in [1.82, 2.24) is 5.32 Å². The molecular formula is C16H23NO2. The maximum atomic E-state index is 10.6. The van der Waals surface area contributed by atoms with E-state index in [2.05, 4.69) is 25.2 Å². The smallest absolute Gasteiger partial charge is 0.123 e. The molecule has 104 valence electrons. The van der Waals surface area contributed by atoms with Crippen LogP contribution in [0.2, 0.25) is 0 Å². The Balaban J connectivity index is 1.85. The third-order valence-electron chi connectivity index (χ3n) is 4.44. The summed E-state index contributed by atoms with van der Waals surface area (Å²) in [6.07, 6.45) is 1.89. The summed E-state index contributed by atoms with van der Waals surface area (Å²) < 4.78 is 5.70. The van der Waals surface area contributed by atoms with E-state index in [-0.39, 0.29) is 11.5 Å². The number of ether oxygens (including phenoxy) is 1. The highest BCUT2D eigenvalue weighted by molar-refractivity contribution is 5.45. The maximum Gasteiger partial charge on any atom is 0.123 e. The molecule has 2 heterocycles. The largest absolute Gasteiger partial charge is 0.492 e. The molecule has 3 rings (SSSR count). The van der Waals surface area contributed by atoms with E-state index < -0.39 is 0 Å². The fraction of sp³-hybridized carbons (Fsp3) is 0.625. The second-order valence-electron chi connectivity index (χ2n) is 6.48. The molecule has 0 amide bonds. The first-order valence-corrected chi connectivity index (χ1v) is 7.24. The van der Waals surface area contributed by atoms with Gasteiger partial charge in [-0.05, 0) is 37.1 Å². The number of aliphatic hydroxyl groups is 1. The van der Waals surface area contributed by atoms with Gasteiger partial charge in [0.2, 0.25) is 0 Å². The van der Waals surface area contributed by atoms with Crippen LogP contribution in [0.3, 0.4) is 0 Å². The minimum Gasteiger partial charge on any atom is -0.492 e. The van der Waals surface area contributed by atoms with Crippen molar-refractivity contribution in [2.24, 2.45) is 5.92 Å². The van der Waals surface area contributed by atoms with Crippen molar-refractivity contribution in [1.29, 1.82) is 0 Å². The summed E-state index contributed by atoms with van der Waals surface area (Å²) in [7, 11) is 0. The van der Waals surface area contributed by atoms with Gasteiger partial charge in [-0.3, -0.25) is 0 Å². The van der Waals surface area contributed by atoms with Gasteiger partial charge in [-0.15, -0.1) is 0 Å². The summed E-state index contributed by atoms with van der Waals surface area (Å²) in [5.41, 5.74) is 2.31. The lowest BCUT2D eigenvalue weighted by Gasteiger charge is -2.28. The number of rotatable bonds is 2. The Morgan fingerprint density at radius 2 is 2.26 bits per heavy atom. The molecule has 1 aromatic carbocycles. The van der Waals surface area contributed by atoms with E-state index in [4.69, 9.17) is 4.74 Å². The van der Waals surface area contributed by atoms with Gasteiger partial charge in [0.1, 0.15) is 5.75 Å². The number of benzene rings is 1. The molecule has 2 N–H and O–H groups in total. The van der Waals surface area contributed by atoms with Crippen LogP contribution in [0.1, 0.15) is 43.9 Å². The van der Waals surface area contributed by atoms with Crippen LogP contribution in [0.25, 0.3) is 0 Å². The molecule has 1 fully saturated rings. The predicted octanol–water partition coefficient (Wildman–Crippen LogP) is 2.39. The summed E-state index contributed by atoms with van der Waals surface area (Å²) in [6.45, 7) is 7.10. The van der Waals surface area contributed by atoms with Gasteiger partial charge in [0, 0.05) is 23.4 Å². The van der Waals surface area contributed by atoms with Crippen LogP contribution in [0.15, 0.2) is 18.2 Å². The number of piperidine rings is 1. The van der Waals surface area contributed by atoms with E-state index in [1.54, 1.807) is 0 Å². The van der Waals surface area contributed by atoms with Crippen LogP contribution in [0, 0.1) is 5.92 Å². The van der Waals surface area contributed by atoms with Crippen LogP contribution in [-0.4, -0.2) is 24.8 Å². The van der Waals surface area contributed by atoms with Crippen molar-refractivity contribution in [3.05, 3.63) is 29.3 Å². The van der Waals surface area contributed by atoms with Gasteiger partial charge < -0.3 is 15.2 Å². The van der Waals surface area contributed by atoms with Crippen LogP contribution >= 0.6 is 0 Å². The number of aliphatic hydroxyl groups excluding tert-OH is 1.